The van der Waals surface area contributed by atoms with Crippen molar-refractivity contribution in [1.82, 2.24) is 10.2 Å². The first-order valence-corrected chi connectivity index (χ1v) is 10.9. The SMILES string of the molecule is Cc1ccc(CNC(=O)CCC(=O)N2CCc3ccccc3C2c2ccccc2)cc1. The van der Waals surface area contributed by atoms with Crippen molar-refractivity contribution in [2.45, 2.75) is 38.8 Å². The highest BCUT2D eigenvalue weighted by molar-refractivity contribution is 5.84. The molecule has 3 aromatic carbocycles. The molecular weight excluding hydrogens is 384 g/mol. The number of aryl methyl sites for hydroxylation is 1. The first kappa shape index (κ1) is 20.9. The van der Waals surface area contributed by atoms with Gasteiger partial charge < -0.3 is 10.2 Å². The molecule has 4 heteroatoms. The first-order chi connectivity index (χ1) is 15.1. The predicted molar refractivity (Wildman–Crippen MR) is 122 cm³/mol. The summed E-state index contributed by atoms with van der Waals surface area (Å²) in [4.78, 5) is 27.4. The molecular formula is C27H28N2O2. The fourth-order valence-corrected chi connectivity index (χ4v) is 4.19. The third-order valence-electron chi connectivity index (χ3n) is 5.90. The Bertz CT molecular complexity index is 1040. The number of benzene rings is 3. The Kier molecular flexibility index (Phi) is 6.46. The van der Waals surface area contributed by atoms with Crippen LogP contribution in [0.1, 0.15) is 46.7 Å². The molecule has 3 aromatic rings. The molecule has 31 heavy (non-hydrogen) atoms. The Morgan fingerprint density at radius 3 is 2.39 bits per heavy atom. The fourth-order valence-electron chi connectivity index (χ4n) is 4.19. The molecule has 1 unspecified atom stereocenters. The molecule has 1 N–H and O–H groups in total. The topological polar surface area (TPSA) is 49.4 Å². The van der Waals surface area contributed by atoms with E-state index in [9.17, 15) is 9.59 Å². The zero-order valence-corrected chi connectivity index (χ0v) is 17.9. The van der Waals surface area contributed by atoms with Gasteiger partial charge in [0, 0.05) is 25.9 Å². The van der Waals surface area contributed by atoms with Gasteiger partial charge in [0.2, 0.25) is 11.8 Å². The highest BCUT2D eigenvalue weighted by atomic mass is 16.2. The molecule has 0 radical (unpaired) electrons. The van der Waals surface area contributed by atoms with Gasteiger partial charge in [-0.05, 0) is 35.6 Å². The molecule has 2 amide bonds. The standard InChI is InChI=1S/C27H28N2O2/c1-20-11-13-21(14-12-20)19-28-25(30)15-16-26(31)29-18-17-22-7-5-6-10-24(22)27(29)23-8-3-2-4-9-23/h2-14,27H,15-19H2,1H3,(H,28,30). The number of hydrogen-bond donors (Lipinski definition) is 1. The lowest BCUT2D eigenvalue weighted by atomic mass is 9.88. The number of fused-ring (bicyclic) bond motifs is 1. The Morgan fingerprint density at radius 1 is 0.903 bits per heavy atom. The van der Waals surface area contributed by atoms with Crippen LogP contribution in [0, 0.1) is 6.92 Å². The number of carbonyl (C=O) groups is 2. The fraction of sp³-hybridized carbons (Fsp3) is 0.259. The van der Waals surface area contributed by atoms with Crippen LogP contribution in [-0.2, 0) is 22.6 Å². The lowest BCUT2D eigenvalue weighted by molar-refractivity contribution is -0.135. The zero-order valence-electron chi connectivity index (χ0n) is 17.9. The quantitative estimate of drug-likeness (QED) is 0.645. The summed E-state index contributed by atoms with van der Waals surface area (Å²) in [5, 5.41) is 2.93. The van der Waals surface area contributed by atoms with Crippen molar-refractivity contribution in [2.24, 2.45) is 0 Å². The molecule has 0 aliphatic carbocycles. The summed E-state index contributed by atoms with van der Waals surface area (Å²) in [5.74, 6) is -0.0727. The number of nitrogens with one attached hydrogen (secondary N) is 1. The van der Waals surface area contributed by atoms with E-state index in [0.717, 1.165) is 17.5 Å². The lowest BCUT2D eigenvalue weighted by Gasteiger charge is -2.38. The summed E-state index contributed by atoms with van der Waals surface area (Å²) in [6.07, 6.45) is 1.25. The molecule has 0 spiro atoms. The van der Waals surface area contributed by atoms with Crippen LogP contribution in [0.15, 0.2) is 78.9 Å². The molecule has 1 heterocycles. The van der Waals surface area contributed by atoms with E-state index in [1.807, 2.05) is 60.4 Å². The van der Waals surface area contributed by atoms with E-state index < -0.39 is 0 Å². The van der Waals surface area contributed by atoms with Gasteiger partial charge in [0.25, 0.3) is 0 Å². The van der Waals surface area contributed by atoms with Crippen molar-refractivity contribution in [2.75, 3.05) is 6.54 Å². The third-order valence-corrected chi connectivity index (χ3v) is 5.90. The highest BCUT2D eigenvalue weighted by Crippen LogP contribution is 2.35. The zero-order chi connectivity index (χ0) is 21.6. The molecule has 0 aromatic heterocycles. The number of amides is 2. The maximum absolute atomic E-state index is 13.2. The monoisotopic (exact) mass is 412 g/mol. The van der Waals surface area contributed by atoms with Gasteiger partial charge in [0.1, 0.15) is 0 Å². The van der Waals surface area contributed by atoms with Gasteiger partial charge in [-0.3, -0.25) is 9.59 Å². The second kappa shape index (κ2) is 9.61. The Hall–Kier alpha value is -3.40. The van der Waals surface area contributed by atoms with Crippen molar-refractivity contribution in [3.8, 4) is 0 Å². The second-order valence-electron chi connectivity index (χ2n) is 8.11. The molecule has 158 valence electrons. The van der Waals surface area contributed by atoms with Crippen LogP contribution in [-0.4, -0.2) is 23.3 Å². The van der Waals surface area contributed by atoms with Gasteiger partial charge in [0.05, 0.1) is 6.04 Å². The van der Waals surface area contributed by atoms with Gasteiger partial charge in [-0.25, -0.2) is 0 Å². The van der Waals surface area contributed by atoms with Gasteiger partial charge in [0.15, 0.2) is 0 Å². The molecule has 1 aliphatic rings. The largest absolute Gasteiger partial charge is 0.352 e. The Morgan fingerprint density at radius 2 is 1.61 bits per heavy atom. The van der Waals surface area contributed by atoms with E-state index >= 15 is 0 Å². The Labute approximate surface area is 183 Å². The van der Waals surface area contributed by atoms with Crippen molar-refractivity contribution in [1.29, 1.82) is 0 Å². The van der Waals surface area contributed by atoms with Crippen molar-refractivity contribution in [3.05, 3.63) is 107 Å². The summed E-state index contributed by atoms with van der Waals surface area (Å²) in [5.41, 5.74) is 5.82. The highest BCUT2D eigenvalue weighted by Gasteiger charge is 2.31. The van der Waals surface area contributed by atoms with E-state index in [2.05, 4.69) is 35.6 Å². The van der Waals surface area contributed by atoms with E-state index in [0.29, 0.717) is 13.1 Å². The molecule has 0 saturated heterocycles. The first-order valence-electron chi connectivity index (χ1n) is 10.9. The van der Waals surface area contributed by atoms with Crippen LogP contribution < -0.4 is 5.32 Å². The molecule has 4 rings (SSSR count). The van der Waals surface area contributed by atoms with Crippen molar-refractivity contribution < 1.29 is 9.59 Å². The molecule has 0 saturated carbocycles. The van der Waals surface area contributed by atoms with Gasteiger partial charge >= 0.3 is 0 Å². The number of hydrogen-bond acceptors (Lipinski definition) is 2. The summed E-state index contributed by atoms with van der Waals surface area (Å²) >= 11 is 0. The van der Waals surface area contributed by atoms with E-state index in [1.165, 1.54) is 16.7 Å². The van der Waals surface area contributed by atoms with E-state index in [4.69, 9.17) is 0 Å². The molecule has 0 fully saturated rings. The third kappa shape index (κ3) is 5.02. The predicted octanol–water partition coefficient (Wildman–Crippen LogP) is 4.57. The Balaban J connectivity index is 1.41. The average Bonchev–Trinajstić information content (AvgIpc) is 2.82. The number of carbonyl (C=O) groups excluding carboxylic acids is 2. The van der Waals surface area contributed by atoms with Crippen LogP contribution >= 0.6 is 0 Å². The van der Waals surface area contributed by atoms with Crippen molar-refractivity contribution >= 4 is 11.8 Å². The summed E-state index contributed by atoms with van der Waals surface area (Å²) in [6, 6.07) is 26.5. The van der Waals surface area contributed by atoms with Gasteiger partial charge in [-0.15, -0.1) is 0 Å². The van der Waals surface area contributed by atoms with E-state index in [1.54, 1.807) is 0 Å². The van der Waals surface area contributed by atoms with E-state index in [-0.39, 0.29) is 30.7 Å². The smallest absolute Gasteiger partial charge is 0.223 e. The molecule has 0 bridgehead atoms. The van der Waals surface area contributed by atoms with Crippen LogP contribution in [0.25, 0.3) is 0 Å². The molecule has 4 nitrogen and oxygen atoms in total. The summed E-state index contributed by atoms with van der Waals surface area (Å²) < 4.78 is 0. The minimum Gasteiger partial charge on any atom is -0.352 e. The number of rotatable bonds is 6. The maximum Gasteiger partial charge on any atom is 0.223 e. The van der Waals surface area contributed by atoms with Crippen LogP contribution in [0.5, 0.6) is 0 Å². The van der Waals surface area contributed by atoms with Crippen LogP contribution in [0.4, 0.5) is 0 Å². The van der Waals surface area contributed by atoms with Gasteiger partial charge in [-0.2, -0.15) is 0 Å². The second-order valence-corrected chi connectivity index (χ2v) is 8.11. The number of nitrogens with zero attached hydrogens (tertiary/aromatic N) is 1. The maximum atomic E-state index is 13.2. The minimum atomic E-state index is -0.103. The minimum absolute atomic E-state index is 0.0221. The average molecular weight is 413 g/mol. The summed E-state index contributed by atoms with van der Waals surface area (Å²) in [6.45, 7) is 3.19. The van der Waals surface area contributed by atoms with Gasteiger partial charge in [-0.1, -0.05) is 84.4 Å². The lowest BCUT2D eigenvalue weighted by Crippen LogP contribution is -2.41. The normalized spacial score (nSPS) is 15.3. The summed E-state index contributed by atoms with van der Waals surface area (Å²) in [7, 11) is 0. The van der Waals surface area contributed by atoms with Crippen LogP contribution in [0.2, 0.25) is 0 Å². The molecule has 1 aliphatic heterocycles. The van der Waals surface area contributed by atoms with Crippen LogP contribution in [0.3, 0.4) is 0 Å². The molecule has 1 atom stereocenters. The van der Waals surface area contributed by atoms with Crippen molar-refractivity contribution in [3.63, 3.8) is 0 Å².